The molecule has 1 unspecified atom stereocenters. The summed E-state index contributed by atoms with van der Waals surface area (Å²) in [6.45, 7) is 3.96. The number of amides is 2. The Kier molecular flexibility index (Phi) is 12.4. The number of rotatable bonds is 13. The summed E-state index contributed by atoms with van der Waals surface area (Å²) in [6, 6.07) is 11.7. The van der Waals surface area contributed by atoms with Crippen molar-refractivity contribution in [3.8, 4) is 11.5 Å². The Hall–Kier alpha value is -2.94. The van der Waals surface area contributed by atoms with Crippen LogP contribution in [-0.2, 0) is 20.9 Å². The Morgan fingerprint density at radius 2 is 1.77 bits per heavy atom. The number of halogens is 1. The van der Waals surface area contributed by atoms with E-state index in [0.717, 1.165) is 36.6 Å². The lowest BCUT2D eigenvalue weighted by atomic mass is 9.97. The van der Waals surface area contributed by atoms with Gasteiger partial charge < -0.3 is 19.4 Å². The molecule has 2 fully saturated rings. The highest BCUT2D eigenvalue weighted by Crippen LogP contribution is 2.36. The summed E-state index contributed by atoms with van der Waals surface area (Å²) in [6.07, 6.45) is 6.78. The number of ether oxygens (including phenoxy) is 2. The van der Waals surface area contributed by atoms with E-state index in [1.54, 1.807) is 7.11 Å². The van der Waals surface area contributed by atoms with Gasteiger partial charge in [-0.2, -0.15) is 0 Å². The standard InChI is InChI=1S/C30H37ClN2O5.CH4O/c1-21-7-9-24(25(31)17-21)26(13-15-34)32(19-22-5-3-4-6-22)20-23-8-10-27(28(18-23)37-2)38-16-14-33-29(35)11-12-30(33)36;1-2/h7-10,15,17-18,22,26H,3-6,11-14,16,19-20H2,1-2H3;2H,1H3. The van der Waals surface area contributed by atoms with Crippen molar-refractivity contribution < 1.29 is 29.0 Å². The molecule has 2 aromatic carbocycles. The van der Waals surface area contributed by atoms with Gasteiger partial charge in [0.2, 0.25) is 11.8 Å². The average molecular weight is 573 g/mol. The minimum atomic E-state index is -0.151. The topological polar surface area (TPSA) is 96.4 Å². The zero-order chi connectivity index (χ0) is 29.1. The minimum Gasteiger partial charge on any atom is -0.493 e. The van der Waals surface area contributed by atoms with Gasteiger partial charge in [0.25, 0.3) is 0 Å². The molecule has 0 aromatic heterocycles. The molecule has 1 aliphatic carbocycles. The van der Waals surface area contributed by atoms with Gasteiger partial charge in [-0.1, -0.05) is 42.6 Å². The van der Waals surface area contributed by atoms with Gasteiger partial charge in [-0.3, -0.25) is 19.4 Å². The molecule has 1 heterocycles. The molecule has 2 aliphatic rings. The molecule has 0 radical (unpaired) electrons. The van der Waals surface area contributed by atoms with Crippen molar-refractivity contribution in [1.29, 1.82) is 0 Å². The normalized spacial score (nSPS) is 16.2. The first-order valence-electron chi connectivity index (χ1n) is 13.9. The molecular weight excluding hydrogens is 532 g/mol. The fourth-order valence-corrected chi connectivity index (χ4v) is 5.94. The Morgan fingerprint density at radius 3 is 2.40 bits per heavy atom. The van der Waals surface area contributed by atoms with E-state index in [1.165, 1.54) is 30.6 Å². The van der Waals surface area contributed by atoms with E-state index in [2.05, 4.69) is 4.90 Å². The van der Waals surface area contributed by atoms with Crippen molar-refractivity contribution in [2.45, 2.75) is 64.5 Å². The van der Waals surface area contributed by atoms with Crippen molar-refractivity contribution in [2.24, 2.45) is 5.92 Å². The van der Waals surface area contributed by atoms with Gasteiger partial charge in [0, 0.05) is 50.5 Å². The molecule has 9 heteroatoms. The first-order chi connectivity index (χ1) is 19.4. The van der Waals surface area contributed by atoms with Crippen molar-refractivity contribution in [1.82, 2.24) is 9.80 Å². The highest BCUT2D eigenvalue weighted by Gasteiger charge is 2.29. The number of aliphatic hydroxyl groups excluding tert-OH is 1. The van der Waals surface area contributed by atoms with Crippen LogP contribution in [-0.4, -0.2) is 66.9 Å². The zero-order valence-corrected chi connectivity index (χ0v) is 24.5. The molecule has 2 aromatic rings. The molecule has 4 rings (SSSR count). The maximum absolute atomic E-state index is 11.9. The fraction of sp³-hybridized carbons (Fsp3) is 0.516. The summed E-state index contributed by atoms with van der Waals surface area (Å²) in [7, 11) is 2.59. The van der Waals surface area contributed by atoms with Crippen molar-refractivity contribution in [2.75, 3.05) is 33.9 Å². The number of hydrogen-bond acceptors (Lipinski definition) is 7. The summed E-state index contributed by atoms with van der Waals surface area (Å²) in [4.78, 5) is 39.1. The summed E-state index contributed by atoms with van der Waals surface area (Å²) in [5, 5.41) is 7.68. The second kappa shape index (κ2) is 15.7. The molecule has 8 nitrogen and oxygen atoms in total. The third kappa shape index (κ3) is 8.29. The van der Waals surface area contributed by atoms with Crippen LogP contribution in [0.5, 0.6) is 11.5 Å². The number of carbonyl (C=O) groups is 3. The third-order valence-corrected chi connectivity index (χ3v) is 7.91. The maximum atomic E-state index is 11.9. The molecule has 0 spiro atoms. The zero-order valence-electron chi connectivity index (χ0n) is 23.7. The average Bonchev–Trinajstić information content (AvgIpc) is 3.58. The lowest BCUT2D eigenvalue weighted by Crippen LogP contribution is -2.33. The number of carbonyl (C=O) groups excluding carboxylic acids is 3. The van der Waals surface area contributed by atoms with E-state index < -0.39 is 0 Å². The van der Waals surface area contributed by atoms with Gasteiger partial charge in [-0.15, -0.1) is 0 Å². The van der Waals surface area contributed by atoms with Crippen molar-refractivity contribution in [3.05, 3.63) is 58.1 Å². The Bertz CT molecular complexity index is 1130. The number of aliphatic hydroxyl groups is 1. The number of likely N-dealkylation sites (tertiary alicyclic amines) is 1. The van der Waals surface area contributed by atoms with Crippen LogP contribution in [0.15, 0.2) is 36.4 Å². The molecule has 218 valence electrons. The van der Waals surface area contributed by atoms with Crippen LogP contribution in [0.2, 0.25) is 5.02 Å². The van der Waals surface area contributed by atoms with Crippen LogP contribution in [0.1, 0.15) is 67.7 Å². The lowest BCUT2D eigenvalue weighted by molar-refractivity contribution is -0.138. The monoisotopic (exact) mass is 572 g/mol. The number of benzene rings is 2. The fourth-order valence-electron chi connectivity index (χ4n) is 5.58. The minimum absolute atomic E-state index is 0.126. The Labute approximate surface area is 242 Å². The molecule has 40 heavy (non-hydrogen) atoms. The Balaban J connectivity index is 0.00000216. The second-order valence-electron chi connectivity index (χ2n) is 10.3. The molecule has 1 atom stereocenters. The van der Waals surface area contributed by atoms with Crippen LogP contribution < -0.4 is 9.47 Å². The molecule has 0 bridgehead atoms. The number of methoxy groups -OCH3 is 1. The largest absolute Gasteiger partial charge is 0.493 e. The van der Waals surface area contributed by atoms with Gasteiger partial charge in [-0.05, 0) is 60.6 Å². The van der Waals surface area contributed by atoms with E-state index in [-0.39, 0.29) is 43.8 Å². The van der Waals surface area contributed by atoms with Crippen LogP contribution >= 0.6 is 11.6 Å². The van der Waals surface area contributed by atoms with Gasteiger partial charge in [0.1, 0.15) is 12.9 Å². The van der Waals surface area contributed by atoms with Crippen LogP contribution in [0.4, 0.5) is 0 Å². The lowest BCUT2D eigenvalue weighted by Gasteiger charge is -2.34. The van der Waals surface area contributed by atoms with E-state index >= 15 is 0 Å². The molecular formula is C31H41ClN2O6. The summed E-state index contributed by atoms with van der Waals surface area (Å²) < 4.78 is 11.5. The van der Waals surface area contributed by atoms with E-state index in [4.69, 9.17) is 26.2 Å². The SMILES string of the molecule is CO.COc1cc(CN(CC2CCCC2)C(CC=O)c2ccc(C)cc2Cl)ccc1OCCN1C(=O)CCC1=O. The first kappa shape index (κ1) is 31.6. The highest BCUT2D eigenvalue weighted by atomic mass is 35.5. The van der Waals surface area contributed by atoms with Crippen LogP contribution in [0, 0.1) is 12.8 Å². The molecule has 2 amide bonds. The molecule has 1 saturated heterocycles. The summed E-state index contributed by atoms with van der Waals surface area (Å²) >= 11 is 6.68. The number of hydrogen-bond donors (Lipinski definition) is 1. The van der Waals surface area contributed by atoms with E-state index in [1.807, 2.05) is 43.3 Å². The van der Waals surface area contributed by atoms with Crippen molar-refractivity contribution in [3.63, 3.8) is 0 Å². The number of imide groups is 1. The molecule has 1 saturated carbocycles. The quantitative estimate of drug-likeness (QED) is 0.263. The number of aryl methyl sites for hydroxylation is 1. The number of aldehydes is 1. The highest BCUT2D eigenvalue weighted by molar-refractivity contribution is 6.31. The van der Waals surface area contributed by atoms with Gasteiger partial charge in [0.05, 0.1) is 13.7 Å². The predicted molar refractivity (Wildman–Crippen MR) is 155 cm³/mol. The van der Waals surface area contributed by atoms with Crippen LogP contribution in [0.25, 0.3) is 0 Å². The van der Waals surface area contributed by atoms with Crippen LogP contribution in [0.3, 0.4) is 0 Å². The van der Waals surface area contributed by atoms with Gasteiger partial charge >= 0.3 is 0 Å². The molecule has 1 N–H and O–H groups in total. The Morgan fingerprint density at radius 1 is 1.07 bits per heavy atom. The molecule has 1 aliphatic heterocycles. The van der Waals surface area contributed by atoms with Gasteiger partial charge in [0.15, 0.2) is 11.5 Å². The predicted octanol–water partition coefficient (Wildman–Crippen LogP) is 5.12. The summed E-state index contributed by atoms with van der Waals surface area (Å²) in [5.74, 6) is 1.43. The van der Waals surface area contributed by atoms with E-state index in [9.17, 15) is 14.4 Å². The van der Waals surface area contributed by atoms with Crippen molar-refractivity contribution >= 4 is 29.7 Å². The maximum Gasteiger partial charge on any atom is 0.229 e. The third-order valence-electron chi connectivity index (χ3n) is 7.58. The van der Waals surface area contributed by atoms with E-state index in [0.29, 0.717) is 35.4 Å². The van der Waals surface area contributed by atoms with Gasteiger partial charge in [-0.25, -0.2) is 0 Å². The second-order valence-corrected chi connectivity index (χ2v) is 10.7. The smallest absolute Gasteiger partial charge is 0.229 e. The summed E-state index contributed by atoms with van der Waals surface area (Å²) in [5.41, 5.74) is 3.10. The first-order valence-corrected chi connectivity index (χ1v) is 14.3. The number of nitrogens with zero attached hydrogens (tertiary/aromatic N) is 2.